The van der Waals surface area contributed by atoms with Crippen LogP contribution < -0.4 is 10.2 Å². The number of benzene rings is 1. The van der Waals surface area contributed by atoms with Crippen LogP contribution in [0.1, 0.15) is 17.5 Å². The maximum absolute atomic E-state index is 13.2. The van der Waals surface area contributed by atoms with E-state index in [1.54, 1.807) is 6.07 Å². The molecule has 0 amide bonds. The molecule has 0 bridgehead atoms. The highest BCUT2D eigenvalue weighted by atomic mass is 19.4. The van der Waals surface area contributed by atoms with E-state index in [9.17, 15) is 27.7 Å². The number of pyridine rings is 1. The number of rotatable bonds is 5. The molecule has 10 heteroatoms. The third kappa shape index (κ3) is 4.51. The molecule has 1 saturated heterocycles. The number of hydrogen-bond acceptors (Lipinski definition) is 5. The van der Waals surface area contributed by atoms with Crippen LogP contribution in [0, 0.1) is 15.9 Å². The zero-order valence-corrected chi connectivity index (χ0v) is 14.0. The molecule has 1 aliphatic heterocycles. The van der Waals surface area contributed by atoms with Gasteiger partial charge in [-0.2, -0.15) is 13.2 Å². The minimum atomic E-state index is -4.62. The molecule has 2 heterocycles. The number of alkyl halides is 3. The molecule has 2 aromatic rings. The van der Waals surface area contributed by atoms with Gasteiger partial charge in [-0.1, -0.05) is 6.07 Å². The first-order chi connectivity index (χ1) is 12.7. The molecule has 0 spiro atoms. The van der Waals surface area contributed by atoms with Crippen LogP contribution in [-0.4, -0.2) is 29.0 Å². The molecule has 1 unspecified atom stereocenters. The SMILES string of the molecule is O=[N+]([O-])c1ccc(N2CCC(NCc3ccc(F)cc3C(F)(F)F)C2)nc1. The molecule has 1 fully saturated rings. The lowest BCUT2D eigenvalue weighted by molar-refractivity contribution is -0.385. The van der Waals surface area contributed by atoms with Crippen molar-refractivity contribution in [2.45, 2.75) is 25.2 Å². The van der Waals surface area contributed by atoms with E-state index in [0.29, 0.717) is 31.4 Å². The summed E-state index contributed by atoms with van der Waals surface area (Å²) in [5.41, 5.74) is -1.11. The Labute approximate surface area is 152 Å². The Morgan fingerprint density at radius 2 is 2.07 bits per heavy atom. The fourth-order valence-electron chi connectivity index (χ4n) is 3.03. The van der Waals surface area contributed by atoms with Crippen molar-refractivity contribution in [3.05, 3.63) is 63.6 Å². The van der Waals surface area contributed by atoms with E-state index in [-0.39, 0.29) is 23.8 Å². The van der Waals surface area contributed by atoms with Crippen LogP contribution in [0.2, 0.25) is 0 Å². The Bertz CT molecular complexity index is 827. The van der Waals surface area contributed by atoms with Crippen LogP contribution in [0.15, 0.2) is 36.5 Å². The van der Waals surface area contributed by atoms with Crippen molar-refractivity contribution in [3.8, 4) is 0 Å². The molecule has 1 aromatic carbocycles. The molecule has 3 rings (SSSR count). The van der Waals surface area contributed by atoms with E-state index >= 15 is 0 Å². The second kappa shape index (κ2) is 7.47. The highest BCUT2D eigenvalue weighted by Crippen LogP contribution is 2.32. The Morgan fingerprint density at radius 3 is 2.70 bits per heavy atom. The van der Waals surface area contributed by atoms with Crippen LogP contribution in [0.25, 0.3) is 0 Å². The third-order valence-corrected chi connectivity index (χ3v) is 4.41. The standard InChI is InChI=1S/C17H16F4N4O2/c18-12-2-1-11(15(7-12)17(19,20)21)8-22-13-5-6-24(10-13)16-4-3-14(9-23-16)25(26)27/h1-4,7,9,13,22H,5-6,8,10H2. The number of nitro groups is 1. The second-order valence-electron chi connectivity index (χ2n) is 6.24. The van der Waals surface area contributed by atoms with Crippen LogP contribution in [0.3, 0.4) is 0 Å². The molecule has 1 atom stereocenters. The summed E-state index contributed by atoms with van der Waals surface area (Å²) in [6, 6.07) is 5.47. The van der Waals surface area contributed by atoms with Gasteiger partial charge in [0.2, 0.25) is 0 Å². The van der Waals surface area contributed by atoms with Gasteiger partial charge in [0.15, 0.2) is 0 Å². The monoisotopic (exact) mass is 384 g/mol. The van der Waals surface area contributed by atoms with Gasteiger partial charge in [-0.05, 0) is 30.2 Å². The summed E-state index contributed by atoms with van der Waals surface area (Å²) in [7, 11) is 0. The van der Waals surface area contributed by atoms with Crippen molar-refractivity contribution < 1.29 is 22.5 Å². The quantitative estimate of drug-likeness (QED) is 0.485. The third-order valence-electron chi connectivity index (χ3n) is 4.41. The van der Waals surface area contributed by atoms with Gasteiger partial charge in [0.25, 0.3) is 5.69 Å². The first kappa shape index (κ1) is 19.0. The van der Waals surface area contributed by atoms with E-state index in [2.05, 4.69) is 10.3 Å². The molecule has 0 saturated carbocycles. The summed E-state index contributed by atoms with van der Waals surface area (Å²) in [6.45, 7) is 1.09. The molecular weight excluding hydrogens is 368 g/mol. The van der Waals surface area contributed by atoms with Crippen molar-refractivity contribution in [2.24, 2.45) is 0 Å². The van der Waals surface area contributed by atoms with Crippen molar-refractivity contribution in [1.29, 1.82) is 0 Å². The zero-order chi connectivity index (χ0) is 19.6. The molecule has 0 aliphatic carbocycles. The summed E-state index contributed by atoms with van der Waals surface area (Å²) in [5, 5.41) is 13.7. The molecule has 144 valence electrons. The highest BCUT2D eigenvalue weighted by molar-refractivity contribution is 5.44. The van der Waals surface area contributed by atoms with Gasteiger partial charge in [-0.3, -0.25) is 10.1 Å². The molecule has 27 heavy (non-hydrogen) atoms. The minimum Gasteiger partial charge on any atom is -0.355 e. The number of nitrogens with one attached hydrogen (secondary N) is 1. The number of halogens is 4. The molecule has 1 N–H and O–H groups in total. The second-order valence-corrected chi connectivity index (χ2v) is 6.24. The number of anilines is 1. The Hall–Kier alpha value is -2.75. The Balaban J connectivity index is 1.62. The van der Waals surface area contributed by atoms with E-state index in [0.717, 1.165) is 12.1 Å². The van der Waals surface area contributed by atoms with Crippen molar-refractivity contribution in [1.82, 2.24) is 10.3 Å². The molecule has 1 aromatic heterocycles. The number of hydrogen-bond donors (Lipinski definition) is 1. The molecular formula is C17H16F4N4O2. The van der Waals surface area contributed by atoms with Crippen LogP contribution in [0.5, 0.6) is 0 Å². The van der Waals surface area contributed by atoms with Gasteiger partial charge < -0.3 is 10.2 Å². The lowest BCUT2D eigenvalue weighted by Crippen LogP contribution is -2.33. The lowest BCUT2D eigenvalue weighted by atomic mass is 10.1. The lowest BCUT2D eigenvalue weighted by Gasteiger charge is -2.19. The first-order valence-electron chi connectivity index (χ1n) is 8.18. The van der Waals surface area contributed by atoms with Gasteiger partial charge in [0.1, 0.15) is 17.8 Å². The van der Waals surface area contributed by atoms with Gasteiger partial charge in [-0.15, -0.1) is 0 Å². The minimum absolute atomic E-state index is 0.0178. The predicted molar refractivity (Wildman–Crippen MR) is 89.8 cm³/mol. The summed E-state index contributed by atoms with van der Waals surface area (Å²) in [5.74, 6) is -0.356. The van der Waals surface area contributed by atoms with Crippen LogP contribution >= 0.6 is 0 Å². The summed E-state index contributed by atoms with van der Waals surface area (Å²) in [4.78, 5) is 16.1. The summed E-state index contributed by atoms with van der Waals surface area (Å²) < 4.78 is 52.3. The van der Waals surface area contributed by atoms with Gasteiger partial charge in [0.05, 0.1) is 10.5 Å². The van der Waals surface area contributed by atoms with Crippen LogP contribution in [0.4, 0.5) is 29.1 Å². The number of aromatic nitrogens is 1. The Morgan fingerprint density at radius 1 is 1.30 bits per heavy atom. The smallest absolute Gasteiger partial charge is 0.355 e. The maximum atomic E-state index is 13.2. The van der Waals surface area contributed by atoms with Crippen LogP contribution in [-0.2, 0) is 12.7 Å². The molecule has 0 radical (unpaired) electrons. The topological polar surface area (TPSA) is 71.3 Å². The largest absolute Gasteiger partial charge is 0.416 e. The van der Waals surface area contributed by atoms with E-state index in [4.69, 9.17) is 0 Å². The van der Waals surface area contributed by atoms with Crippen molar-refractivity contribution >= 4 is 11.5 Å². The highest BCUT2D eigenvalue weighted by Gasteiger charge is 2.34. The van der Waals surface area contributed by atoms with Gasteiger partial charge in [-0.25, -0.2) is 9.37 Å². The van der Waals surface area contributed by atoms with Crippen molar-refractivity contribution in [3.63, 3.8) is 0 Å². The molecule has 1 aliphatic rings. The average molecular weight is 384 g/mol. The first-order valence-corrected chi connectivity index (χ1v) is 8.18. The zero-order valence-electron chi connectivity index (χ0n) is 14.0. The van der Waals surface area contributed by atoms with E-state index in [1.165, 1.54) is 12.3 Å². The summed E-state index contributed by atoms with van der Waals surface area (Å²) >= 11 is 0. The molecule has 6 nitrogen and oxygen atoms in total. The summed E-state index contributed by atoms with van der Waals surface area (Å²) in [6.07, 6.45) is -2.77. The van der Waals surface area contributed by atoms with E-state index in [1.807, 2.05) is 4.90 Å². The fourth-order valence-corrected chi connectivity index (χ4v) is 3.03. The maximum Gasteiger partial charge on any atom is 0.416 e. The number of nitrogens with zero attached hydrogens (tertiary/aromatic N) is 3. The fraction of sp³-hybridized carbons (Fsp3) is 0.353. The van der Waals surface area contributed by atoms with E-state index < -0.39 is 22.5 Å². The Kier molecular flexibility index (Phi) is 5.26. The predicted octanol–water partition coefficient (Wildman–Crippen LogP) is 3.52. The van der Waals surface area contributed by atoms with Gasteiger partial charge in [0, 0.05) is 31.7 Å². The average Bonchev–Trinajstić information content (AvgIpc) is 3.09. The normalized spacial score (nSPS) is 17.3. The van der Waals surface area contributed by atoms with Crippen molar-refractivity contribution in [2.75, 3.05) is 18.0 Å². The van der Waals surface area contributed by atoms with Gasteiger partial charge >= 0.3 is 6.18 Å².